The van der Waals surface area contributed by atoms with Gasteiger partial charge in [-0.05, 0) is 12.8 Å². The first kappa shape index (κ1) is 7.95. The fraction of sp³-hybridized carbons (Fsp3) is 1.00. The Labute approximate surface area is 64.1 Å². The molecule has 0 N–H and O–H groups in total. The monoisotopic (exact) mass is 110 g/mol. The van der Waals surface area contributed by atoms with E-state index in [1.165, 1.54) is 25.7 Å². The van der Waals surface area contributed by atoms with Gasteiger partial charge in [0.05, 0.1) is 0 Å². The van der Waals surface area contributed by atoms with Crippen LogP contribution in [0, 0.1) is 0 Å². The molecule has 38 valence electrons. The molecule has 0 aromatic rings. The second kappa shape index (κ2) is 3.89. The van der Waals surface area contributed by atoms with Crippen LogP contribution in [0.25, 0.3) is 0 Å². The van der Waals surface area contributed by atoms with Crippen LogP contribution >= 0.6 is 12.6 Å². The van der Waals surface area contributed by atoms with E-state index in [-0.39, 0.29) is 20.3 Å². The Hall–Kier alpha value is 0.947. The Kier molecular flexibility index (Phi) is 4.42. The largest absolute Gasteiger partial charge is 1.00 e. The Morgan fingerprint density at radius 2 is 1.71 bits per heavy atom. The Morgan fingerprint density at radius 3 is 1.86 bits per heavy atom. The molecule has 1 saturated carbocycles. The molecule has 0 unspecified atom stereocenters. The molecule has 1 aliphatic carbocycles. The van der Waals surface area contributed by atoms with E-state index < -0.39 is 0 Å². The quantitative estimate of drug-likeness (QED) is 0.299. The molecule has 0 nitrogen and oxygen atoms in total. The van der Waals surface area contributed by atoms with Crippen molar-refractivity contribution < 1.29 is 20.3 Å². The fourth-order valence-electron chi connectivity index (χ4n) is 0.904. The van der Waals surface area contributed by atoms with Crippen LogP contribution in [0.4, 0.5) is 0 Å². The molecule has 0 aromatic carbocycles. The van der Waals surface area contributed by atoms with Gasteiger partial charge in [-0.25, -0.2) is 0 Å². The van der Waals surface area contributed by atoms with Crippen LogP contribution in [0.5, 0.6) is 0 Å². The van der Waals surface area contributed by atoms with Gasteiger partial charge < -0.3 is 1.43 Å². The number of hydrogen-bond donors (Lipinski definition) is 1. The van der Waals surface area contributed by atoms with Crippen molar-refractivity contribution >= 4 is 12.6 Å². The molecule has 7 heavy (non-hydrogen) atoms. The van der Waals surface area contributed by atoms with E-state index in [0.29, 0.717) is 0 Å². The summed E-state index contributed by atoms with van der Waals surface area (Å²) in [4.78, 5) is 0. The summed E-state index contributed by atoms with van der Waals surface area (Å²) in [6.07, 6.45) is 5.52. The van der Waals surface area contributed by atoms with Crippen LogP contribution in [-0.2, 0) is 0 Å². The maximum absolute atomic E-state index is 4.29. The fourth-order valence-corrected chi connectivity index (χ4v) is 1.27. The van der Waals surface area contributed by atoms with Gasteiger partial charge >= 0.3 is 18.9 Å². The van der Waals surface area contributed by atoms with E-state index >= 15 is 0 Å². The van der Waals surface area contributed by atoms with Crippen molar-refractivity contribution in [3.8, 4) is 0 Å². The second-order valence-electron chi connectivity index (χ2n) is 1.94. The molecule has 0 spiro atoms. The van der Waals surface area contributed by atoms with Gasteiger partial charge in [-0.2, -0.15) is 12.6 Å². The smallest absolute Gasteiger partial charge is 1.00 e. The van der Waals surface area contributed by atoms with Gasteiger partial charge in [0.2, 0.25) is 0 Å². The molecule has 1 fully saturated rings. The Bertz CT molecular complexity index is 45.7. The van der Waals surface area contributed by atoms with Gasteiger partial charge in [0.25, 0.3) is 0 Å². The molecule has 0 saturated heterocycles. The topological polar surface area (TPSA) is 0 Å². The molecule has 0 amide bonds. The third-order valence-electron chi connectivity index (χ3n) is 1.32. The van der Waals surface area contributed by atoms with Crippen molar-refractivity contribution in [3.63, 3.8) is 0 Å². The second-order valence-corrected chi connectivity index (χ2v) is 2.67. The number of hydrogen-bond acceptors (Lipinski definition) is 1. The standard InChI is InChI=1S/C5H10S.Li.H/c6-5-3-1-2-4-5;;/h5-6H,1-4H2;;/q;+1;-1. The number of thiol groups is 1. The van der Waals surface area contributed by atoms with Crippen LogP contribution in [0.15, 0.2) is 0 Å². The molecule has 0 aromatic heterocycles. The van der Waals surface area contributed by atoms with E-state index in [1.54, 1.807) is 0 Å². The van der Waals surface area contributed by atoms with Gasteiger partial charge in [-0.15, -0.1) is 0 Å². The zero-order chi connectivity index (χ0) is 4.41. The first-order valence-corrected chi connectivity index (χ1v) is 3.09. The minimum atomic E-state index is 0. The first-order valence-electron chi connectivity index (χ1n) is 2.57. The zero-order valence-electron chi connectivity index (χ0n) is 5.85. The molecule has 0 atom stereocenters. The van der Waals surface area contributed by atoms with E-state index in [9.17, 15) is 0 Å². The van der Waals surface area contributed by atoms with Crippen molar-refractivity contribution in [1.82, 2.24) is 0 Å². The molecule has 1 aliphatic rings. The minimum Gasteiger partial charge on any atom is -1.00 e. The summed E-state index contributed by atoms with van der Waals surface area (Å²) in [5, 5.41) is 0.741. The Morgan fingerprint density at radius 1 is 1.29 bits per heavy atom. The minimum absolute atomic E-state index is 0. The predicted octanol–water partition coefficient (Wildman–Crippen LogP) is -1.02. The molecule has 0 bridgehead atoms. The molecule has 2 heteroatoms. The third-order valence-corrected chi connectivity index (χ3v) is 1.84. The normalized spacial score (nSPS) is 21.9. The maximum atomic E-state index is 4.29. The van der Waals surface area contributed by atoms with E-state index in [4.69, 9.17) is 0 Å². The van der Waals surface area contributed by atoms with Crippen LogP contribution in [-0.4, -0.2) is 5.25 Å². The average molecular weight is 110 g/mol. The summed E-state index contributed by atoms with van der Waals surface area (Å²) in [6, 6.07) is 0. The van der Waals surface area contributed by atoms with Gasteiger partial charge in [0.15, 0.2) is 0 Å². The molecule has 1 rings (SSSR count). The first-order chi connectivity index (χ1) is 2.89. The van der Waals surface area contributed by atoms with Crippen molar-refractivity contribution in [2.75, 3.05) is 0 Å². The van der Waals surface area contributed by atoms with Crippen LogP contribution in [0.3, 0.4) is 0 Å². The Balaban J connectivity index is 0. The van der Waals surface area contributed by atoms with Crippen molar-refractivity contribution in [2.45, 2.75) is 30.9 Å². The van der Waals surface area contributed by atoms with E-state index in [1.807, 2.05) is 0 Å². The summed E-state index contributed by atoms with van der Waals surface area (Å²) < 4.78 is 0. The van der Waals surface area contributed by atoms with Crippen LogP contribution in [0.2, 0.25) is 0 Å². The van der Waals surface area contributed by atoms with Crippen molar-refractivity contribution in [3.05, 3.63) is 0 Å². The average Bonchev–Trinajstić information content (AvgIpc) is 1.86. The summed E-state index contributed by atoms with van der Waals surface area (Å²) in [5.41, 5.74) is 0. The summed E-state index contributed by atoms with van der Waals surface area (Å²) in [5.74, 6) is 0. The third kappa shape index (κ3) is 2.69. The van der Waals surface area contributed by atoms with Crippen molar-refractivity contribution in [2.24, 2.45) is 0 Å². The van der Waals surface area contributed by atoms with Gasteiger partial charge in [0.1, 0.15) is 0 Å². The number of rotatable bonds is 0. The van der Waals surface area contributed by atoms with Crippen molar-refractivity contribution in [1.29, 1.82) is 0 Å². The SMILES string of the molecule is SC1CCCC1.[H-].[Li+]. The molecule has 0 aliphatic heterocycles. The van der Waals surface area contributed by atoms with E-state index in [2.05, 4.69) is 12.6 Å². The summed E-state index contributed by atoms with van der Waals surface area (Å²) in [6.45, 7) is 0. The molecule has 0 radical (unpaired) electrons. The van der Waals surface area contributed by atoms with Gasteiger partial charge in [0, 0.05) is 5.25 Å². The molecule has 0 heterocycles. The summed E-state index contributed by atoms with van der Waals surface area (Å²) in [7, 11) is 0. The van der Waals surface area contributed by atoms with Crippen LogP contribution < -0.4 is 18.9 Å². The van der Waals surface area contributed by atoms with Crippen LogP contribution in [0.1, 0.15) is 27.1 Å². The maximum Gasteiger partial charge on any atom is 1.00 e. The zero-order valence-corrected chi connectivity index (χ0v) is 5.75. The van der Waals surface area contributed by atoms with E-state index in [0.717, 1.165) is 5.25 Å². The summed E-state index contributed by atoms with van der Waals surface area (Å²) >= 11 is 4.29. The molecular weight excluding hydrogens is 99.1 g/mol. The molecular formula is C5H11LiS. The predicted molar refractivity (Wildman–Crippen MR) is 32.4 cm³/mol. The van der Waals surface area contributed by atoms with Gasteiger partial charge in [-0.1, -0.05) is 12.8 Å². The van der Waals surface area contributed by atoms with Gasteiger partial charge in [-0.3, -0.25) is 0 Å².